The molecule has 0 bridgehead atoms. The number of carbonyl (C=O) groups excluding carboxylic acids is 1. The lowest BCUT2D eigenvalue weighted by Gasteiger charge is -2.05. The van der Waals surface area contributed by atoms with E-state index in [1.54, 1.807) is 11.6 Å². The van der Waals surface area contributed by atoms with Crippen LogP contribution in [-0.2, 0) is 18.3 Å². The Balaban J connectivity index is 2.35. The largest absolute Gasteiger partial charge is 0.477 e. The molecule has 1 aromatic carbocycles. The van der Waals surface area contributed by atoms with E-state index in [-0.39, 0.29) is 18.0 Å². The van der Waals surface area contributed by atoms with Crippen molar-refractivity contribution in [1.82, 2.24) is 9.88 Å². The van der Waals surface area contributed by atoms with E-state index in [0.29, 0.717) is 12.1 Å². The number of aromatic nitrogens is 1. The number of hydrogen-bond acceptors (Lipinski definition) is 2. The van der Waals surface area contributed by atoms with Crippen LogP contribution < -0.4 is 5.32 Å². The first kappa shape index (κ1) is 15.1. The van der Waals surface area contributed by atoms with E-state index in [1.807, 2.05) is 24.3 Å². The maximum absolute atomic E-state index is 12.0. The van der Waals surface area contributed by atoms with Gasteiger partial charge in [-0.3, -0.25) is 4.79 Å². The molecule has 21 heavy (non-hydrogen) atoms. The summed E-state index contributed by atoms with van der Waals surface area (Å²) in [4.78, 5) is 23.5. The molecule has 2 N–H and O–H groups in total. The quantitative estimate of drug-likeness (QED) is 0.801. The van der Waals surface area contributed by atoms with Crippen LogP contribution in [0.25, 0.3) is 10.9 Å². The number of aromatic carboxylic acids is 1. The Morgan fingerprint density at radius 2 is 2.00 bits per heavy atom. The molecule has 0 saturated carbocycles. The van der Waals surface area contributed by atoms with Gasteiger partial charge in [0.05, 0.1) is 6.42 Å². The standard InChI is InChI=1S/C16H20N2O3/c1-3-4-9-17-14(19)10-12-11-7-5-6-8-13(11)18(2)15(12)16(20)21/h5-8H,3-4,9-10H2,1-2H3,(H,17,19)(H,20,21). The summed E-state index contributed by atoms with van der Waals surface area (Å²) in [6, 6.07) is 7.43. The molecular formula is C16H20N2O3. The third-order valence-electron chi connectivity index (χ3n) is 3.60. The minimum absolute atomic E-state index is 0.0900. The van der Waals surface area contributed by atoms with Crippen LogP contribution in [0.4, 0.5) is 0 Å². The highest BCUT2D eigenvalue weighted by atomic mass is 16.4. The van der Waals surface area contributed by atoms with E-state index >= 15 is 0 Å². The summed E-state index contributed by atoms with van der Waals surface area (Å²) in [5.74, 6) is -1.15. The van der Waals surface area contributed by atoms with Crippen molar-refractivity contribution in [1.29, 1.82) is 0 Å². The highest BCUT2D eigenvalue weighted by Crippen LogP contribution is 2.25. The Morgan fingerprint density at radius 3 is 2.67 bits per heavy atom. The molecule has 0 spiro atoms. The Bertz CT molecular complexity index is 673. The maximum Gasteiger partial charge on any atom is 0.352 e. The fourth-order valence-corrected chi connectivity index (χ4v) is 2.55. The number of carboxylic acid groups (broad SMARTS) is 1. The summed E-state index contributed by atoms with van der Waals surface area (Å²) in [6.07, 6.45) is 2.02. The van der Waals surface area contributed by atoms with Gasteiger partial charge < -0.3 is 15.0 Å². The Labute approximate surface area is 123 Å². The van der Waals surface area contributed by atoms with Crippen molar-refractivity contribution in [3.63, 3.8) is 0 Å². The van der Waals surface area contributed by atoms with Crippen molar-refractivity contribution in [3.8, 4) is 0 Å². The van der Waals surface area contributed by atoms with E-state index < -0.39 is 5.97 Å². The lowest BCUT2D eigenvalue weighted by molar-refractivity contribution is -0.120. The number of aryl methyl sites for hydroxylation is 1. The molecule has 5 heteroatoms. The molecule has 0 saturated heterocycles. The molecule has 0 unspecified atom stereocenters. The second-order valence-electron chi connectivity index (χ2n) is 5.09. The van der Waals surface area contributed by atoms with Crippen LogP contribution in [0, 0.1) is 0 Å². The van der Waals surface area contributed by atoms with Gasteiger partial charge in [-0.25, -0.2) is 4.79 Å². The molecule has 112 valence electrons. The third-order valence-corrected chi connectivity index (χ3v) is 3.60. The fourth-order valence-electron chi connectivity index (χ4n) is 2.55. The van der Waals surface area contributed by atoms with Gasteiger partial charge in [0.15, 0.2) is 0 Å². The van der Waals surface area contributed by atoms with Gasteiger partial charge in [0.2, 0.25) is 5.91 Å². The number of para-hydroxylation sites is 1. The van der Waals surface area contributed by atoms with Crippen molar-refractivity contribution < 1.29 is 14.7 Å². The highest BCUT2D eigenvalue weighted by Gasteiger charge is 2.21. The van der Waals surface area contributed by atoms with Crippen molar-refractivity contribution in [2.24, 2.45) is 7.05 Å². The number of nitrogens with one attached hydrogen (secondary N) is 1. The Kier molecular flexibility index (Phi) is 4.62. The Morgan fingerprint density at radius 1 is 1.29 bits per heavy atom. The zero-order valence-corrected chi connectivity index (χ0v) is 12.3. The minimum atomic E-state index is -1.01. The van der Waals surface area contributed by atoms with Crippen LogP contribution in [0.5, 0.6) is 0 Å². The molecule has 2 aromatic rings. The second-order valence-corrected chi connectivity index (χ2v) is 5.09. The second kappa shape index (κ2) is 6.43. The number of fused-ring (bicyclic) bond motifs is 1. The molecule has 1 aromatic heterocycles. The van der Waals surface area contributed by atoms with Gasteiger partial charge in [-0.2, -0.15) is 0 Å². The predicted molar refractivity (Wildman–Crippen MR) is 81.5 cm³/mol. The van der Waals surface area contributed by atoms with Crippen LogP contribution in [-0.4, -0.2) is 28.1 Å². The van der Waals surface area contributed by atoms with Crippen molar-refractivity contribution in [2.75, 3.05) is 6.54 Å². The van der Waals surface area contributed by atoms with Gasteiger partial charge in [-0.1, -0.05) is 31.5 Å². The number of unbranched alkanes of at least 4 members (excludes halogenated alkanes) is 1. The van der Waals surface area contributed by atoms with Crippen molar-refractivity contribution >= 4 is 22.8 Å². The van der Waals surface area contributed by atoms with E-state index in [0.717, 1.165) is 23.7 Å². The predicted octanol–water partition coefficient (Wildman–Crippen LogP) is 2.34. The molecule has 0 aliphatic carbocycles. The number of rotatable bonds is 6. The van der Waals surface area contributed by atoms with E-state index in [2.05, 4.69) is 12.2 Å². The summed E-state index contributed by atoms with van der Waals surface area (Å²) < 4.78 is 1.63. The molecule has 1 amide bonds. The van der Waals surface area contributed by atoms with Gasteiger partial charge >= 0.3 is 5.97 Å². The first-order chi connectivity index (χ1) is 10.1. The number of hydrogen-bond donors (Lipinski definition) is 2. The van der Waals surface area contributed by atoms with Crippen LogP contribution in [0.1, 0.15) is 35.8 Å². The van der Waals surface area contributed by atoms with Gasteiger partial charge in [-0.05, 0) is 12.5 Å². The summed E-state index contributed by atoms with van der Waals surface area (Å²) in [6.45, 7) is 2.68. The highest BCUT2D eigenvalue weighted by molar-refractivity contribution is 6.00. The van der Waals surface area contributed by atoms with E-state index in [9.17, 15) is 14.7 Å². The zero-order valence-electron chi connectivity index (χ0n) is 12.3. The lowest BCUT2D eigenvalue weighted by Crippen LogP contribution is -2.26. The lowest BCUT2D eigenvalue weighted by atomic mass is 10.1. The van der Waals surface area contributed by atoms with E-state index in [4.69, 9.17) is 0 Å². The molecule has 0 aliphatic rings. The average molecular weight is 288 g/mol. The summed E-state index contributed by atoms with van der Waals surface area (Å²) in [7, 11) is 1.71. The summed E-state index contributed by atoms with van der Waals surface area (Å²) >= 11 is 0. The SMILES string of the molecule is CCCCNC(=O)Cc1c(C(=O)O)n(C)c2ccccc12. The Hall–Kier alpha value is -2.30. The number of nitrogens with zero attached hydrogens (tertiary/aromatic N) is 1. The van der Waals surface area contributed by atoms with Crippen LogP contribution in [0.2, 0.25) is 0 Å². The van der Waals surface area contributed by atoms with Crippen LogP contribution in [0.3, 0.4) is 0 Å². The minimum Gasteiger partial charge on any atom is -0.477 e. The van der Waals surface area contributed by atoms with Crippen molar-refractivity contribution in [3.05, 3.63) is 35.5 Å². The molecule has 0 aliphatic heterocycles. The molecule has 1 heterocycles. The first-order valence-electron chi connectivity index (χ1n) is 7.12. The molecule has 0 fully saturated rings. The van der Waals surface area contributed by atoms with Crippen LogP contribution >= 0.6 is 0 Å². The summed E-state index contributed by atoms with van der Waals surface area (Å²) in [5.41, 5.74) is 1.59. The number of amides is 1. The first-order valence-corrected chi connectivity index (χ1v) is 7.12. The van der Waals surface area contributed by atoms with Gasteiger partial charge in [-0.15, -0.1) is 0 Å². The molecule has 5 nitrogen and oxygen atoms in total. The molecule has 2 rings (SSSR count). The molecule has 0 radical (unpaired) electrons. The van der Waals surface area contributed by atoms with Crippen LogP contribution in [0.15, 0.2) is 24.3 Å². The van der Waals surface area contributed by atoms with E-state index in [1.165, 1.54) is 0 Å². The summed E-state index contributed by atoms with van der Waals surface area (Å²) in [5, 5.41) is 13.1. The average Bonchev–Trinajstić information content (AvgIpc) is 2.73. The number of carboxylic acids is 1. The number of carbonyl (C=O) groups is 2. The normalized spacial score (nSPS) is 10.8. The molecule has 0 atom stereocenters. The van der Waals surface area contributed by atoms with Gasteiger partial charge in [0.25, 0.3) is 0 Å². The van der Waals surface area contributed by atoms with Crippen molar-refractivity contribution in [2.45, 2.75) is 26.2 Å². The van der Waals surface area contributed by atoms with Gasteiger partial charge in [0, 0.05) is 30.1 Å². The molecular weight excluding hydrogens is 268 g/mol. The smallest absolute Gasteiger partial charge is 0.352 e. The number of benzene rings is 1. The monoisotopic (exact) mass is 288 g/mol. The fraction of sp³-hybridized carbons (Fsp3) is 0.375. The topological polar surface area (TPSA) is 71.3 Å². The van der Waals surface area contributed by atoms with Gasteiger partial charge in [0.1, 0.15) is 5.69 Å². The third kappa shape index (κ3) is 3.07. The maximum atomic E-state index is 12.0. The zero-order chi connectivity index (χ0) is 15.4.